The topological polar surface area (TPSA) is 102 Å². The molecule has 0 radical (unpaired) electrons. The number of rotatable bonds is 5. The summed E-state index contributed by atoms with van der Waals surface area (Å²) in [5.41, 5.74) is 1.78. The van der Waals surface area contributed by atoms with E-state index in [1.807, 2.05) is 0 Å². The van der Waals surface area contributed by atoms with Crippen LogP contribution in [-0.4, -0.2) is 19.3 Å². The molecule has 0 fully saturated rings. The van der Waals surface area contributed by atoms with Crippen LogP contribution in [-0.2, 0) is 15.6 Å². The summed E-state index contributed by atoms with van der Waals surface area (Å²) in [6, 6.07) is 16.1. The van der Waals surface area contributed by atoms with Crippen LogP contribution in [0.2, 0.25) is 0 Å². The molecule has 4 aromatic rings. The first-order valence-electron chi connectivity index (χ1n) is 8.46. The maximum atomic E-state index is 12.4. The highest BCUT2D eigenvalue weighted by molar-refractivity contribution is 7.90. The molecule has 4 rings (SSSR count). The maximum Gasteiger partial charge on any atom is 0.291 e. The summed E-state index contributed by atoms with van der Waals surface area (Å²) in [7, 11) is -3.55. The average Bonchev–Trinajstić information content (AvgIpc) is 3.27. The first-order chi connectivity index (χ1) is 13.4. The van der Waals surface area contributed by atoms with E-state index in [1.54, 1.807) is 43.3 Å². The number of oxazole rings is 1. The summed E-state index contributed by atoms with van der Waals surface area (Å²) in [5.74, 6) is -0.0583. The second kappa shape index (κ2) is 6.97. The molecule has 0 spiro atoms. The number of hydrogen-bond donors (Lipinski definition) is 1. The Balaban J connectivity index is 1.49. The fourth-order valence-corrected chi connectivity index (χ4v) is 4.06. The molecule has 0 unspecified atom stereocenters. The normalized spacial score (nSPS) is 11.6. The zero-order valence-corrected chi connectivity index (χ0v) is 15.7. The first kappa shape index (κ1) is 18.0. The van der Waals surface area contributed by atoms with Gasteiger partial charge in [-0.25, -0.2) is 13.4 Å². The summed E-state index contributed by atoms with van der Waals surface area (Å²) in [4.78, 5) is 16.8. The van der Waals surface area contributed by atoms with Crippen LogP contribution in [0.3, 0.4) is 0 Å². The quantitative estimate of drug-likeness (QED) is 0.548. The summed E-state index contributed by atoms with van der Waals surface area (Å²) in [5, 5.41) is 2.70. The number of nitrogens with zero attached hydrogens (tertiary/aromatic N) is 1. The summed E-state index contributed by atoms with van der Waals surface area (Å²) in [6.45, 7) is 1.74. The van der Waals surface area contributed by atoms with Crippen LogP contribution in [0.25, 0.3) is 11.1 Å². The largest absolute Gasteiger partial charge is 0.455 e. The molecule has 1 N–H and O–H groups in total. The highest BCUT2D eigenvalue weighted by atomic mass is 32.2. The first-order valence-corrected chi connectivity index (χ1v) is 10.1. The monoisotopic (exact) mass is 396 g/mol. The van der Waals surface area contributed by atoms with Crippen molar-refractivity contribution in [3.05, 3.63) is 78.1 Å². The zero-order valence-electron chi connectivity index (χ0n) is 14.9. The molecule has 0 aliphatic rings. The third-order valence-electron chi connectivity index (χ3n) is 4.07. The lowest BCUT2D eigenvalue weighted by Crippen LogP contribution is -2.10. The Hall–Kier alpha value is -3.39. The fourth-order valence-electron chi connectivity index (χ4n) is 2.79. The predicted octanol–water partition coefficient (Wildman–Crippen LogP) is 3.96. The van der Waals surface area contributed by atoms with E-state index in [0.717, 1.165) is 0 Å². The van der Waals surface area contributed by atoms with Crippen molar-refractivity contribution in [2.75, 3.05) is 5.32 Å². The number of hydrogen-bond acceptors (Lipinski definition) is 6. The number of fused-ring (bicyclic) bond motifs is 1. The summed E-state index contributed by atoms with van der Waals surface area (Å²) in [6.07, 6.45) is 0. The van der Waals surface area contributed by atoms with E-state index in [2.05, 4.69) is 10.3 Å². The van der Waals surface area contributed by atoms with Gasteiger partial charge in [0.2, 0.25) is 0 Å². The van der Waals surface area contributed by atoms with Crippen molar-refractivity contribution in [2.45, 2.75) is 17.6 Å². The number of benzene rings is 2. The van der Waals surface area contributed by atoms with Gasteiger partial charge in [0.25, 0.3) is 5.91 Å². The highest BCUT2D eigenvalue weighted by Gasteiger charge is 2.19. The molecule has 0 bridgehead atoms. The zero-order chi connectivity index (χ0) is 19.7. The second-order valence-corrected chi connectivity index (χ2v) is 8.20. The average molecular weight is 396 g/mol. The van der Waals surface area contributed by atoms with Crippen LogP contribution in [0, 0.1) is 6.92 Å². The van der Waals surface area contributed by atoms with Gasteiger partial charge in [-0.1, -0.05) is 18.2 Å². The third kappa shape index (κ3) is 3.67. The molecular weight excluding hydrogens is 380 g/mol. The van der Waals surface area contributed by atoms with E-state index < -0.39 is 15.7 Å². The number of anilines is 1. The van der Waals surface area contributed by atoms with Gasteiger partial charge < -0.3 is 14.2 Å². The van der Waals surface area contributed by atoms with E-state index in [9.17, 15) is 13.2 Å². The van der Waals surface area contributed by atoms with E-state index in [0.29, 0.717) is 22.7 Å². The SMILES string of the molecule is Cc1nc2cc(NC(=O)c3ccc(CS(=O)(=O)c4ccccc4)o3)ccc2o1. The van der Waals surface area contributed by atoms with Gasteiger partial charge in [-0.15, -0.1) is 0 Å². The molecule has 1 amide bonds. The van der Waals surface area contributed by atoms with Crippen LogP contribution in [0.15, 0.2) is 74.4 Å². The molecular formula is C20H16N2O5S. The van der Waals surface area contributed by atoms with Gasteiger partial charge in [0.15, 0.2) is 27.1 Å². The number of sulfone groups is 1. The number of aromatic nitrogens is 1. The van der Waals surface area contributed by atoms with Gasteiger partial charge in [0, 0.05) is 12.6 Å². The van der Waals surface area contributed by atoms with E-state index in [-0.39, 0.29) is 22.2 Å². The predicted molar refractivity (Wildman–Crippen MR) is 103 cm³/mol. The number of carbonyl (C=O) groups excluding carboxylic acids is 1. The van der Waals surface area contributed by atoms with Crippen molar-refractivity contribution in [2.24, 2.45) is 0 Å². The van der Waals surface area contributed by atoms with E-state index >= 15 is 0 Å². The number of amides is 1. The van der Waals surface area contributed by atoms with Crippen molar-refractivity contribution in [3.8, 4) is 0 Å². The Kier molecular flexibility index (Phi) is 4.48. The summed E-state index contributed by atoms with van der Waals surface area (Å²) < 4.78 is 35.7. The molecule has 0 aliphatic heterocycles. The lowest BCUT2D eigenvalue weighted by Gasteiger charge is -2.03. The van der Waals surface area contributed by atoms with Gasteiger partial charge in [0.05, 0.1) is 4.90 Å². The van der Waals surface area contributed by atoms with Gasteiger partial charge in [-0.2, -0.15) is 0 Å². The molecule has 142 valence electrons. The Labute approximate surface area is 160 Å². The molecule has 8 heteroatoms. The standard InChI is InChI=1S/C20H16N2O5S/c1-13-21-17-11-14(7-9-18(17)26-13)22-20(23)19-10-8-15(27-19)12-28(24,25)16-5-3-2-4-6-16/h2-11H,12H2,1H3,(H,22,23). The summed E-state index contributed by atoms with van der Waals surface area (Å²) >= 11 is 0. The Morgan fingerprint density at radius 2 is 1.82 bits per heavy atom. The van der Waals surface area contributed by atoms with Gasteiger partial charge >= 0.3 is 0 Å². The number of aryl methyl sites for hydroxylation is 1. The smallest absolute Gasteiger partial charge is 0.291 e. The Morgan fingerprint density at radius 1 is 1.04 bits per heavy atom. The number of nitrogens with one attached hydrogen (secondary N) is 1. The molecule has 0 saturated heterocycles. The molecule has 2 heterocycles. The van der Waals surface area contributed by atoms with Crippen molar-refractivity contribution in [3.63, 3.8) is 0 Å². The van der Waals surface area contributed by atoms with Crippen LogP contribution < -0.4 is 5.32 Å². The molecule has 0 atom stereocenters. The van der Waals surface area contributed by atoms with Crippen molar-refractivity contribution in [1.82, 2.24) is 4.98 Å². The van der Waals surface area contributed by atoms with Crippen LogP contribution >= 0.6 is 0 Å². The van der Waals surface area contributed by atoms with Crippen molar-refractivity contribution >= 4 is 32.5 Å². The van der Waals surface area contributed by atoms with Gasteiger partial charge in [0.1, 0.15) is 17.0 Å². The highest BCUT2D eigenvalue weighted by Crippen LogP contribution is 2.22. The maximum absolute atomic E-state index is 12.4. The number of furan rings is 1. The molecule has 28 heavy (non-hydrogen) atoms. The lowest BCUT2D eigenvalue weighted by molar-refractivity contribution is 0.0995. The molecule has 0 aliphatic carbocycles. The Bertz CT molecular complexity index is 1260. The molecule has 0 saturated carbocycles. The molecule has 7 nitrogen and oxygen atoms in total. The minimum atomic E-state index is -3.55. The fraction of sp³-hybridized carbons (Fsp3) is 0.100. The minimum absolute atomic E-state index is 0.0229. The van der Waals surface area contributed by atoms with Crippen molar-refractivity contribution in [1.29, 1.82) is 0 Å². The number of carbonyl (C=O) groups is 1. The second-order valence-electron chi connectivity index (χ2n) is 6.21. The van der Waals surface area contributed by atoms with Crippen LogP contribution in [0.5, 0.6) is 0 Å². The van der Waals surface area contributed by atoms with Crippen LogP contribution in [0.4, 0.5) is 5.69 Å². The van der Waals surface area contributed by atoms with Crippen LogP contribution in [0.1, 0.15) is 22.2 Å². The molecule has 2 aromatic heterocycles. The van der Waals surface area contributed by atoms with E-state index in [4.69, 9.17) is 8.83 Å². The lowest BCUT2D eigenvalue weighted by atomic mass is 10.3. The Morgan fingerprint density at radius 3 is 2.61 bits per heavy atom. The van der Waals surface area contributed by atoms with Gasteiger partial charge in [-0.3, -0.25) is 4.79 Å². The molecule has 2 aromatic carbocycles. The van der Waals surface area contributed by atoms with E-state index in [1.165, 1.54) is 24.3 Å². The third-order valence-corrected chi connectivity index (χ3v) is 5.73. The minimum Gasteiger partial charge on any atom is -0.455 e. The van der Waals surface area contributed by atoms with Crippen molar-refractivity contribution < 1.29 is 22.0 Å². The van der Waals surface area contributed by atoms with Gasteiger partial charge in [-0.05, 0) is 42.5 Å².